The molecule has 0 saturated carbocycles. The van der Waals surface area contributed by atoms with Crippen LogP contribution < -0.4 is 10.3 Å². The molecule has 0 N–H and O–H groups in total. The van der Waals surface area contributed by atoms with Gasteiger partial charge in [0.25, 0.3) is 5.91 Å². The first kappa shape index (κ1) is 16.4. The van der Waals surface area contributed by atoms with Gasteiger partial charge in [-0.2, -0.15) is 0 Å². The van der Waals surface area contributed by atoms with E-state index >= 15 is 0 Å². The van der Waals surface area contributed by atoms with Crippen LogP contribution in [0.1, 0.15) is 27.7 Å². The van der Waals surface area contributed by atoms with Crippen LogP contribution in [0.15, 0.2) is 82.1 Å². The summed E-state index contributed by atoms with van der Waals surface area (Å²) >= 11 is 0. The Labute approximate surface area is 158 Å². The molecular formula is C22H13FN2O3. The number of hydrogen-bond acceptors (Lipinski definition) is 4. The van der Waals surface area contributed by atoms with E-state index in [1.165, 1.54) is 17.2 Å². The summed E-state index contributed by atoms with van der Waals surface area (Å²) in [6, 6.07) is 16.9. The Kier molecular flexibility index (Phi) is 3.58. The van der Waals surface area contributed by atoms with Gasteiger partial charge in [0.2, 0.25) is 5.76 Å². The van der Waals surface area contributed by atoms with Gasteiger partial charge in [0, 0.05) is 11.8 Å². The average Bonchev–Trinajstić information content (AvgIpc) is 3.02. The van der Waals surface area contributed by atoms with Crippen LogP contribution in [0.4, 0.5) is 10.2 Å². The molecule has 1 amide bonds. The summed E-state index contributed by atoms with van der Waals surface area (Å²) in [4.78, 5) is 32.0. The van der Waals surface area contributed by atoms with Crippen molar-refractivity contribution in [3.63, 3.8) is 0 Å². The molecule has 4 aromatic rings. The highest BCUT2D eigenvalue weighted by molar-refractivity contribution is 6.10. The number of carbonyl (C=O) groups excluding carboxylic acids is 1. The van der Waals surface area contributed by atoms with E-state index in [2.05, 4.69) is 4.98 Å². The van der Waals surface area contributed by atoms with E-state index in [0.717, 1.165) is 0 Å². The Morgan fingerprint density at radius 1 is 0.929 bits per heavy atom. The summed E-state index contributed by atoms with van der Waals surface area (Å²) in [5.74, 6) is -0.801. The summed E-state index contributed by atoms with van der Waals surface area (Å²) < 4.78 is 20.5. The molecule has 1 aliphatic heterocycles. The zero-order valence-corrected chi connectivity index (χ0v) is 14.5. The van der Waals surface area contributed by atoms with Crippen molar-refractivity contribution < 1.29 is 13.6 Å². The molecule has 2 aromatic heterocycles. The van der Waals surface area contributed by atoms with Gasteiger partial charge in [0.1, 0.15) is 17.2 Å². The molecule has 2 aromatic carbocycles. The van der Waals surface area contributed by atoms with Crippen LogP contribution in [0.5, 0.6) is 0 Å². The van der Waals surface area contributed by atoms with Gasteiger partial charge in [-0.15, -0.1) is 0 Å². The van der Waals surface area contributed by atoms with Crippen molar-refractivity contribution in [2.75, 3.05) is 4.90 Å². The summed E-state index contributed by atoms with van der Waals surface area (Å²) in [6.45, 7) is 0. The Hall–Kier alpha value is -3.80. The first-order valence-corrected chi connectivity index (χ1v) is 8.71. The van der Waals surface area contributed by atoms with Crippen molar-refractivity contribution in [3.8, 4) is 0 Å². The lowest BCUT2D eigenvalue weighted by Crippen LogP contribution is -2.30. The van der Waals surface area contributed by atoms with Crippen LogP contribution >= 0.6 is 0 Å². The fraction of sp³-hybridized carbons (Fsp3) is 0.0455. The highest BCUT2D eigenvalue weighted by Gasteiger charge is 2.45. The molecule has 0 fully saturated rings. The molecule has 1 atom stereocenters. The minimum Gasteiger partial charge on any atom is -0.450 e. The molecule has 3 heterocycles. The predicted molar refractivity (Wildman–Crippen MR) is 102 cm³/mol. The van der Waals surface area contributed by atoms with Gasteiger partial charge >= 0.3 is 0 Å². The average molecular weight is 372 g/mol. The van der Waals surface area contributed by atoms with Gasteiger partial charge in [-0.05, 0) is 30.3 Å². The monoisotopic (exact) mass is 372 g/mol. The number of pyridine rings is 1. The van der Waals surface area contributed by atoms with Crippen molar-refractivity contribution in [3.05, 3.63) is 106 Å². The minimum atomic E-state index is -0.959. The second-order valence-electron chi connectivity index (χ2n) is 6.46. The van der Waals surface area contributed by atoms with Gasteiger partial charge < -0.3 is 4.42 Å². The minimum absolute atomic E-state index is 0.0809. The largest absolute Gasteiger partial charge is 0.450 e. The molecule has 5 nitrogen and oxygen atoms in total. The maximum Gasteiger partial charge on any atom is 0.296 e. The molecule has 5 rings (SSSR count). The van der Waals surface area contributed by atoms with E-state index in [0.29, 0.717) is 16.8 Å². The van der Waals surface area contributed by atoms with Gasteiger partial charge in [-0.25, -0.2) is 9.37 Å². The quantitative estimate of drug-likeness (QED) is 0.532. The number of fused-ring (bicyclic) bond motifs is 2. The Morgan fingerprint density at radius 3 is 2.46 bits per heavy atom. The molecule has 0 bridgehead atoms. The number of nitrogens with zero attached hydrogens (tertiary/aromatic N) is 2. The third-order valence-electron chi connectivity index (χ3n) is 4.87. The molecule has 6 heteroatoms. The summed E-state index contributed by atoms with van der Waals surface area (Å²) in [7, 11) is 0. The van der Waals surface area contributed by atoms with Gasteiger partial charge in [0.15, 0.2) is 5.43 Å². The van der Waals surface area contributed by atoms with Crippen LogP contribution in [0, 0.1) is 5.82 Å². The number of amides is 1. The smallest absolute Gasteiger partial charge is 0.296 e. The number of para-hydroxylation sites is 1. The standard InChI is InChI=1S/C22H13FN2O3/c23-15-9-3-1-7-13(15)19-18-20(26)14-8-2-4-10-16(14)28-21(18)22(27)25(19)17-11-5-6-12-24-17/h1-12,19H/t19-/m1/s1. The molecular weight excluding hydrogens is 359 g/mol. The van der Waals surface area contributed by atoms with Crippen LogP contribution in [-0.2, 0) is 0 Å². The van der Waals surface area contributed by atoms with Gasteiger partial charge in [0.05, 0.1) is 17.0 Å². The molecule has 0 aliphatic carbocycles. The first-order valence-electron chi connectivity index (χ1n) is 8.71. The maximum atomic E-state index is 14.7. The number of anilines is 1. The molecule has 1 aliphatic rings. The topological polar surface area (TPSA) is 63.4 Å². The second-order valence-corrected chi connectivity index (χ2v) is 6.46. The number of rotatable bonds is 2. The van der Waals surface area contributed by atoms with Crippen molar-refractivity contribution in [1.82, 2.24) is 4.98 Å². The van der Waals surface area contributed by atoms with E-state index < -0.39 is 17.8 Å². The molecule has 0 saturated heterocycles. The Balaban J connectivity index is 1.86. The van der Waals surface area contributed by atoms with Crippen molar-refractivity contribution in [2.45, 2.75) is 6.04 Å². The van der Waals surface area contributed by atoms with Crippen LogP contribution in [0.25, 0.3) is 11.0 Å². The summed E-state index contributed by atoms with van der Waals surface area (Å²) in [5.41, 5.74) is 0.300. The number of benzene rings is 2. The number of halogens is 1. The number of hydrogen-bond donors (Lipinski definition) is 0. The number of carbonyl (C=O) groups is 1. The summed E-state index contributed by atoms with van der Waals surface area (Å²) in [6.07, 6.45) is 1.54. The maximum absolute atomic E-state index is 14.7. The predicted octanol–water partition coefficient (Wildman–Crippen LogP) is 4.08. The van der Waals surface area contributed by atoms with Crippen LogP contribution in [0.3, 0.4) is 0 Å². The molecule has 0 spiro atoms. The van der Waals surface area contributed by atoms with Gasteiger partial charge in [-0.1, -0.05) is 36.4 Å². The lowest BCUT2D eigenvalue weighted by molar-refractivity contribution is 0.0970. The summed E-state index contributed by atoms with van der Waals surface area (Å²) in [5, 5.41) is 0.346. The SMILES string of the molecule is O=C1c2oc3ccccc3c(=O)c2[C@@H](c2ccccc2F)N1c1ccccn1. The fourth-order valence-corrected chi connectivity index (χ4v) is 3.64. The van der Waals surface area contributed by atoms with Gasteiger partial charge in [-0.3, -0.25) is 14.5 Å². The van der Waals surface area contributed by atoms with Crippen molar-refractivity contribution in [2.24, 2.45) is 0 Å². The first-order chi connectivity index (χ1) is 13.7. The van der Waals surface area contributed by atoms with Crippen molar-refractivity contribution in [1.29, 1.82) is 0 Å². The molecule has 0 radical (unpaired) electrons. The Bertz CT molecular complexity index is 1280. The Morgan fingerprint density at radius 2 is 1.68 bits per heavy atom. The number of aromatic nitrogens is 1. The molecule has 0 unspecified atom stereocenters. The van der Waals surface area contributed by atoms with E-state index in [4.69, 9.17) is 4.42 Å². The highest BCUT2D eigenvalue weighted by atomic mass is 19.1. The lowest BCUT2D eigenvalue weighted by Gasteiger charge is -2.24. The second kappa shape index (κ2) is 6.13. The third kappa shape index (κ3) is 2.28. The van der Waals surface area contributed by atoms with Crippen LogP contribution in [-0.4, -0.2) is 10.9 Å². The van der Waals surface area contributed by atoms with Crippen molar-refractivity contribution >= 4 is 22.7 Å². The lowest BCUT2D eigenvalue weighted by atomic mass is 9.98. The van der Waals surface area contributed by atoms with Crippen LogP contribution in [0.2, 0.25) is 0 Å². The van der Waals surface area contributed by atoms with E-state index in [1.807, 2.05) is 0 Å². The third-order valence-corrected chi connectivity index (χ3v) is 4.87. The normalized spacial score (nSPS) is 15.8. The highest BCUT2D eigenvalue weighted by Crippen LogP contribution is 2.41. The van der Waals surface area contributed by atoms with E-state index in [1.54, 1.807) is 60.7 Å². The van der Waals surface area contributed by atoms with E-state index in [-0.39, 0.29) is 22.3 Å². The molecule has 28 heavy (non-hydrogen) atoms. The molecule has 136 valence electrons. The zero-order valence-electron chi connectivity index (χ0n) is 14.5. The zero-order chi connectivity index (χ0) is 19.3. The van der Waals surface area contributed by atoms with E-state index in [9.17, 15) is 14.0 Å². The fourth-order valence-electron chi connectivity index (χ4n) is 3.64.